The summed E-state index contributed by atoms with van der Waals surface area (Å²) in [6, 6.07) is 1.98. The van der Waals surface area contributed by atoms with E-state index in [1.165, 1.54) is 45.3 Å². The largest absolute Gasteiger partial charge is 0.303 e. The van der Waals surface area contributed by atoms with Gasteiger partial charge in [0.05, 0.1) is 0 Å². The summed E-state index contributed by atoms with van der Waals surface area (Å²) in [6.07, 6.45) is 5.35. The molecule has 0 radical (unpaired) electrons. The number of piperidine rings is 1. The van der Waals surface area contributed by atoms with Gasteiger partial charge in [0.1, 0.15) is 5.82 Å². The Morgan fingerprint density at radius 1 is 1.14 bits per heavy atom. The van der Waals surface area contributed by atoms with Crippen LogP contribution in [0.3, 0.4) is 0 Å². The van der Waals surface area contributed by atoms with Crippen molar-refractivity contribution in [3.8, 4) is 0 Å². The lowest BCUT2D eigenvalue weighted by Gasteiger charge is -2.26. The number of thioether (sulfide) groups is 1. The van der Waals surface area contributed by atoms with E-state index in [0.717, 1.165) is 28.1 Å². The molecule has 1 fully saturated rings. The third-order valence-corrected chi connectivity index (χ3v) is 4.97. The molecule has 0 unspecified atom stereocenters. The maximum absolute atomic E-state index is 4.50. The van der Waals surface area contributed by atoms with Crippen molar-refractivity contribution in [1.82, 2.24) is 24.5 Å². The highest BCUT2D eigenvalue weighted by molar-refractivity contribution is 7.99. The maximum atomic E-state index is 4.50. The van der Waals surface area contributed by atoms with Crippen molar-refractivity contribution in [2.24, 2.45) is 0 Å². The first-order valence-corrected chi connectivity index (χ1v) is 8.77. The topological polar surface area (TPSA) is 46.3 Å². The van der Waals surface area contributed by atoms with Gasteiger partial charge in [-0.2, -0.15) is 0 Å². The molecule has 0 aromatic carbocycles. The third-order valence-electron chi connectivity index (χ3n) is 3.96. The second-order valence-corrected chi connectivity index (χ2v) is 6.79. The van der Waals surface area contributed by atoms with E-state index in [-0.39, 0.29) is 0 Å². The molecule has 0 N–H and O–H groups in total. The lowest BCUT2D eigenvalue weighted by Crippen LogP contribution is -2.30. The number of rotatable bonds is 5. The molecular formula is C15H23N5S. The first-order valence-electron chi connectivity index (χ1n) is 7.78. The van der Waals surface area contributed by atoms with Crippen LogP contribution in [0.5, 0.6) is 0 Å². The van der Waals surface area contributed by atoms with Crippen molar-refractivity contribution in [3.63, 3.8) is 0 Å². The fourth-order valence-electron chi connectivity index (χ4n) is 2.93. The Hall–Kier alpha value is -1.14. The minimum absolute atomic E-state index is 0.901. The molecule has 5 nitrogen and oxygen atoms in total. The van der Waals surface area contributed by atoms with Gasteiger partial charge in [-0.15, -0.1) is 10.2 Å². The van der Waals surface area contributed by atoms with E-state index in [4.69, 9.17) is 0 Å². The van der Waals surface area contributed by atoms with Crippen LogP contribution in [0.15, 0.2) is 11.2 Å². The van der Waals surface area contributed by atoms with Crippen LogP contribution in [0.2, 0.25) is 0 Å². The van der Waals surface area contributed by atoms with Crippen LogP contribution in [0, 0.1) is 13.8 Å². The Morgan fingerprint density at radius 3 is 2.76 bits per heavy atom. The van der Waals surface area contributed by atoms with Crippen molar-refractivity contribution in [2.75, 3.05) is 25.4 Å². The van der Waals surface area contributed by atoms with E-state index in [0.29, 0.717) is 0 Å². The van der Waals surface area contributed by atoms with Crippen LogP contribution in [0.25, 0.3) is 5.65 Å². The van der Waals surface area contributed by atoms with Crippen molar-refractivity contribution < 1.29 is 0 Å². The quantitative estimate of drug-likeness (QED) is 0.628. The van der Waals surface area contributed by atoms with E-state index >= 15 is 0 Å². The van der Waals surface area contributed by atoms with Crippen LogP contribution >= 0.6 is 11.8 Å². The molecule has 0 spiro atoms. The summed E-state index contributed by atoms with van der Waals surface area (Å²) >= 11 is 1.79. The number of hydrogen-bond donors (Lipinski definition) is 0. The Morgan fingerprint density at radius 2 is 1.95 bits per heavy atom. The van der Waals surface area contributed by atoms with Crippen LogP contribution in [0.1, 0.15) is 37.2 Å². The summed E-state index contributed by atoms with van der Waals surface area (Å²) in [5, 5.41) is 9.52. The van der Waals surface area contributed by atoms with Crippen LogP contribution in [-0.2, 0) is 0 Å². The second kappa shape index (κ2) is 6.75. The molecule has 21 heavy (non-hydrogen) atoms. The van der Waals surface area contributed by atoms with Gasteiger partial charge < -0.3 is 4.90 Å². The van der Waals surface area contributed by atoms with Gasteiger partial charge in [-0.25, -0.2) is 4.98 Å². The maximum Gasteiger partial charge on any atom is 0.197 e. The first kappa shape index (κ1) is 14.8. The van der Waals surface area contributed by atoms with E-state index in [1.807, 2.05) is 19.9 Å². The predicted octanol–water partition coefficient (Wildman–Crippen LogP) is 2.71. The Kier molecular flexibility index (Phi) is 4.75. The summed E-state index contributed by atoms with van der Waals surface area (Å²) in [5.41, 5.74) is 1.90. The van der Waals surface area contributed by atoms with Crippen LogP contribution in [0.4, 0.5) is 0 Å². The highest BCUT2D eigenvalue weighted by Crippen LogP contribution is 2.20. The number of hydrogen-bond acceptors (Lipinski definition) is 5. The van der Waals surface area contributed by atoms with Crippen molar-refractivity contribution >= 4 is 17.4 Å². The SMILES string of the molecule is Cc1cc2nnc(SCCCN3CCCCC3)n2c(C)n1. The fraction of sp³-hybridized carbons (Fsp3) is 0.667. The molecule has 0 saturated carbocycles. The number of aromatic nitrogens is 4. The standard InChI is InChI=1S/C15H23N5S/c1-12-11-14-17-18-15(20(14)13(2)16-12)21-10-6-9-19-7-4-3-5-8-19/h11H,3-10H2,1-2H3. The molecule has 3 heterocycles. The van der Waals surface area contributed by atoms with E-state index < -0.39 is 0 Å². The number of fused-ring (bicyclic) bond motifs is 1. The van der Waals surface area contributed by atoms with Gasteiger partial charge in [0.15, 0.2) is 10.8 Å². The number of aryl methyl sites for hydroxylation is 2. The van der Waals surface area contributed by atoms with Gasteiger partial charge in [0.2, 0.25) is 0 Å². The van der Waals surface area contributed by atoms with Crippen molar-refractivity contribution in [3.05, 3.63) is 17.6 Å². The molecule has 1 aliphatic rings. The average molecular weight is 305 g/mol. The number of nitrogens with zero attached hydrogens (tertiary/aromatic N) is 5. The van der Waals surface area contributed by atoms with Gasteiger partial charge >= 0.3 is 0 Å². The molecule has 0 bridgehead atoms. The van der Waals surface area contributed by atoms with Gasteiger partial charge in [0.25, 0.3) is 0 Å². The molecule has 1 aliphatic heterocycles. The minimum Gasteiger partial charge on any atom is -0.303 e. The lowest BCUT2D eigenvalue weighted by molar-refractivity contribution is 0.230. The Bertz CT molecular complexity index is 603. The lowest BCUT2D eigenvalue weighted by atomic mass is 10.1. The summed E-state index contributed by atoms with van der Waals surface area (Å²) < 4.78 is 2.05. The second-order valence-electron chi connectivity index (χ2n) is 5.73. The monoisotopic (exact) mass is 305 g/mol. The van der Waals surface area contributed by atoms with E-state index in [9.17, 15) is 0 Å². The van der Waals surface area contributed by atoms with E-state index in [1.54, 1.807) is 11.8 Å². The predicted molar refractivity (Wildman–Crippen MR) is 85.9 cm³/mol. The molecule has 0 aliphatic carbocycles. The van der Waals surface area contributed by atoms with Crippen molar-refractivity contribution in [1.29, 1.82) is 0 Å². The molecule has 2 aromatic rings. The summed E-state index contributed by atoms with van der Waals surface area (Å²) in [5.74, 6) is 2.05. The van der Waals surface area contributed by atoms with Crippen LogP contribution < -0.4 is 0 Å². The summed E-state index contributed by atoms with van der Waals surface area (Å²) in [6.45, 7) is 7.77. The van der Waals surface area contributed by atoms with Gasteiger partial charge in [-0.3, -0.25) is 4.40 Å². The Balaban J connectivity index is 1.55. The zero-order valence-electron chi connectivity index (χ0n) is 12.9. The van der Waals surface area contributed by atoms with Gasteiger partial charge in [-0.05, 0) is 52.7 Å². The zero-order chi connectivity index (χ0) is 14.7. The molecule has 2 aromatic heterocycles. The highest BCUT2D eigenvalue weighted by Gasteiger charge is 2.11. The van der Waals surface area contributed by atoms with Gasteiger partial charge in [0, 0.05) is 17.5 Å². The third kappa shape index (κ3) is 3.55. The van der Waals surface area contributed by atoms with Crippen LogP contribution in [-0.4, -0.2) is 49.9 Å². The van der Waals surface area contributed by atoms with E-state index in [2.05, 4.69) is 24.5 Å². The molecule has 6 heteroatoms. The van der Waals surface area contributed by atoms with Crippen molar-refractivity contribution in [2.45, 2.75) is 44.7 Å². The normalized spacial score (nSPS) is 16.7. The molecule has 0 amide bonds. The summed E-state index contributed by atoms with van der Waals surface area (Å²) in [7, 11) is 0. The first-order chi connectivity index (χ1) is 10.2. The summed E-state index contributed by atoms with van der Waals surface area (Å²) in [4.78, 5) is 7.08. The highest BCUT2D eigenvalue weighted by atomic mass is 32.2. The molecule has 0 atom stereocenters. The zero-order valence-corrected chi connectivity index (χ0v) is 13.7. The minimum atomic E-state index is 0.901. The molecular weight excluding hydrogens is 282 g/mol. The molecule has 1 saturated heterocycles. The fourth-order valence-corrected chi connectivity index (χ4v) is 3.84. The molecule has 114 valence electrons. The number of likely N-dealkylation sites (tertiary alicyclic amines) is 1. The smallest absolute Gasteiger partial charge is 0.197 e. The molecule has 3 rings (SSSR count). The Labute approximate surface area is 130 Å². The van der Waals surface area contributed by atoms with Gasteiger partial charge in [-0.1, -0.05) is 18.2 Å². The average Bonchev–Trinajstić information content (AvgIpc) is 2.88.